The number of fused-ring (bicyclic) bond motifs is 2. The van der Waals surface area contributed by atoms with Gasteiger partial charge in [0.05, 0.1) is 41.1 Å². The molecular formula is C18H13FN4O5. The van der Waals surface area contributed by atoms with E-state index in [1.165, 1.54) is 26.4 Å². The molecule has 0 atom stereocenters. The van der Waals surface area contributed by atoms with Crippen LogP contribution in [0.1, 0.15) is 0 Å². The summed E-state index contributed by atoms with van der Waals surface area (Å²) in [6.07, 6.45) is 0. The van der Waals surface area contributed by atoms with Crippen LogP contribution in [0, 0.1) is 15.9 Å². The lowest BCUT2D eigenvalue weighted by Crippen LogP contribution is -2.12. The van der Waals surface area contributed by atoms with Crippen molar-refractivity contribution in [1.29, 1.82) is 0 Å². The van der Waals surface area contributed by atoms with Crippen molar-refractivity contribution in [1.82, 2.24) is 15.0 Å². The van der Waals surface area contributed by atoms with E-state index in [9.17, 15) is 19.3 Å². The van der Waals surface area contributed by atoms with Crippen LogP contribution < -0.4 is 15.0 Å². The fourth-order valence-corrected chi connectivity index (χ4v) is 3.09. The summed E-state index contributed by atoms with van der Waals surface area (Å²) in [6, 6.07) is 6.66. The molecule has 0 aliphatic carbocycles. The van der Waals surface area contributed by atoms with Gasteiger partial charge in [0, 0.05) is 12.1 Å². The highest BCUT2D eigenvalue weighted by atomic mass is 19.1. The first-order chi connectivity index (χ1) is 13.4. The molecule has 0 radical (unpaired) electrons. The van der Waals surface area contributed by atoms with Gasteiger partial charge in [-0.2, -0.15) is 0 Å². The average Bonchev–Trinajstić information content (AvgIpc) is 3.04. The Balaban J connectivity index is 2.04. The summed E-state index contributed by atoms with van der Waals surface area (Å²) >= 11 is 0. The Morgan fingerprint density at radius 1 is 1.07 bits per heavy atom. The first kappa shape index (κ1) is 17.5. The highest BCUT2D eigenvalue weighted by molar-refractivity contribution is 5.97. The van der Waals surface area contributed by atoms with Crippen LogP contribution in [0.15, 0.2) is 35.1 Å². The van der Waals surface area contributed by atoms with Crippen LogP contribution in [0.5, 0.6) is 11.5 Å². The summed E-state index contributed by atoms with van der Waals surface area (Å²) in [7, 11) is 2.91. The van der Waals surface area contributed by atoms with Crippen LogP contribution in [0.3, 0.4) is 0 Å². The van der Waals surface area contributed by atoms with Gasteiger partial charge in [-0.25, -0.2) is 9.37 Å². The van der Waals surface area contributed by atoms with Gasteiger partial charge in [-0.05, 0) is 18.2 Å². The van der Waals surface area contributed by atoms with E-state index in [-0.39, 0.29) is 16.8 Å². The molecule has 0 aliphatic heterocycles. The highest BCUT2D eigenvalue weighted by Crippen LogP contribution is 2.36. The third kappa shape index (κ3) is 2.62. The Morgan fingerprint density at radius 3 is 2.46 bits per heavy atom. The molecule has 4 rings (SSSR count). The maximum atomic E-state index is 13.6. The predicted octanol–water partition coefficient (Wildman–Crippen LogP) is 3.14. The Labute approximate surface area is 155 Å². The van der Waals surface area contributed by atoms with Crippen LogP contribution in [0.2, 0.25) is 0 Å². The Bertz CT molecular complexity index is 1310. The molecule has 4 aromatic rings. The van der Waals surface area contributed by atoms with E-state index in [0.717, 1.165) is 6.07 Å². The van der Waals surface area contributed by atoms with Crippen molar-refractivity contribution in [2.45, 2.75) is 0 Å². The predicted molar refractivity (Wildman–Crippen MR) is 99.4 cm³/mol. The zero-order valence-electron chi connectivity index (χ0n) is 14.7. The molecular weight excluding hydrogens is 371 g/mol. The second-order valence-corrected chi connectivity index (χ2v) is 5.93. The molecule has 0 fully saturated rings. The first-order valence-electron chi connectivity index (χ1n) is 8.05. The summed E-state index contributed by atoms with van der Waals surface area (Å²) < 4.78 is 24.0. The van der Waals surface area contributed by atoms with Gasteiger partial charge in [0.1, 0.15) is 11.5 Å². The zero-order valence-corrected chi connectivity index (χ0v) is 14.7. The second-order valence-electron chi connectivity index (χ2n) is 5.93. The number of benzene rings is 2. The summed E-state index contributed by atoms with van der Waals surface area (Å²) in [5.74, 6) is 0.152. The van der Waals surface area contributed by atoms with Gasteiger partial charge < -0.3 is 19.4 Å². The van der Waals surface area contributed by atoms with Crippen molar-refractivity contribution >= 4 is 27.6 Å². The topological polar surface area (TPSA) is 123 Å². The van der Waals surface area contributed by atoms with Gasteiger partial charge in [-0.15, -0.1) is 0 Å². The smallest absolute Gasteiger partial charge is 0.304 e. The number of aromatic amines is 2. The van der Waals surface area contributed by atoms with Crippen LogP contribution >= 0.6 is 0 Å². The lowest BCUT2D eigenvalue weighted by atomic mass is 10.2. The fraction of sp³-hybridized carbons (Fsp3) is 0.111. The molecule has 0 bridgehead atoms. The molecule has 0 saturated heterocycles. The minimum absolute atomic E-state index is 0.0496. The first-order valence-corrected chi connectivity index (χ1v) is 8.05. The Morgan fingerprint density at radius 2 is 1.79 bits per heavy atom. The van der Waals surface area contributed by atoms with Crippen LogP contribution in [-0.4, -0.2) is 34.1 Å². The summed E-state index contributed by atoms with van der Waals surface area (Å²) in [4.78, 5) is 33.3. The van der Waals surface area contributed by atoms with Crippen molar-refractivity contribution in [2.24, 2.45) is 0 Å². The van der Waals surface area contributed by atoms with Crippen molar-refractivity contribution in [3.63, 3.8) is 0 Å². The van der Waals surface area contributed by atoms with E-state index in [4.69, 9.17) is 9.47 Å². The van der Waals surface area contributed by atoms with E-state index in [2.05, 4.69) is 15.0 Å². The Hall–Kier alpha value is -3.95. The van der Waals surface area contributed by atoms with E-state index >= 15 is 0 Å². The molecule has 2 aromatic carbocycles. The molecule has 0 amide bonds. The van der Waals surface area contributed by atoms with E-state index < -0.39 is 22.0 Å². The number of rotatable bonds is 4. The number of nitrogens with one attached hydrogen (secondary N) is 2. The van der Waals surface area contributed by atoms with Gasteiger partial charge in [0.2, 0.25) is 0 Å². The molecule has 2 aromatic heterocycles. The van der Waals surface area contributed by atoms with Crippen LogP contribution in [0.4, 0.5) is 10.1 Å². The van der Waals surface area contributed by atoms with Crippen LogP contribution in [-0.2, 0) is 0 Å². The largest absolute Gasteiger partial charge is 0.493 e. The molecule has 0 spiro atoms. The van der Waals surface area contributed by atoms with E-state index in [1.807, 2.05) is 0 Å². The summed E-state index contributed by atoms with van der Waals surface area (Å²) in [5, 5.41) is 11.7. The minimum Gasteiger partial charge on any atom is -0.493 e. The zero-order chi connectivity index (χ0) is 20.0. The number of ether oxygens (including phenoxy) is 2. The van der Waals surface area contributed by atoms with Gasteiger partial charge >= 0.3 is 5.69 Å². The van der Waals surface area contributed by atoms with Gasteiger partial charge in [0.15, 0.2) is 17.2 Å². The maximum absolute atomic E-state index is 13.6. The van der Waals surface area contributed by atoms with Crippen LogP contribution in [0.25, 0.3) is 33.3 Å². The molecule has 0 unspecified atom stereocenters. The van der Waals surface area contributed by atoms with Crippen molar-refractivity contribution < 1.29 is 18.8 Å². The third-order valence-corrected chi connectivity index (χ3v) is 4.35. The number of halogens is 1. The number of aromatic nitrogens is 3. The molecule has 28 heavy (non-hydrogen) atoms. The maximum Gasteiger partial charge on any atom is 0.304 e. The number of nitrogens with zero attached hydrogens (tertiary/aromatic N) is 2. The quantitative estimate of drug-likeness (QED) is 0.412. The molecule has 142 valence electrons. The lowest BCUT2D eigenvalue weighted by molar-refractivity contribution is -0.382. The summed E-state index contributed by atoms with van der Waals surface area (Å²) in [5.41, 5.74) is -0.340. The lowest BCUT2D eigenvalue weighted by Gasteiger charge is -2.09. The van der Waals surface area contributed by atoms with Gasteiger partial charge in [-0.3, -0.25) is 14.9 Å². The molecule has 2 N–H and O–H groups in total. The Kier molecular flexibility index (Phi) is 3.95. The number of H-pyrrole nitrogens is 2. The number of nitro groups is 1. The molecule has 9 nitrogen and oxygen atoms in total. The molecule has 0 aliphatic rings. The van der Waals surface area contributed by atoms with E-state index in [1.54, 1.807) is 12.1 Å². The van der Waals surface area contributed by atoms with Gasteiger partial charge in [0.25, 0.3) is 5.56 Å². The minimum atomic E-state index is -0.673. The third-order valence-electron chi connectivity index (χ3n) is 4.35. The number of hydrogen-bond donors (Lipinski definition) is 2. The standard InChI is InChI=1S/C18H13FN4O5/c1-27-13-6-11-12(7-14(13)28-2)22-18(24)16(21-11)15-17(23(25)26)9-5-8(19)3-4-10(9)20-15/h3-7,20H,1-2H3,(H,22,24). The molecule has 10 heteroatoms. The van der Waals surface area contributed by atoms with Crippen molar-refractivity contribution in [3.05, 3.63) is 56.6 Å². The van der Waals surface area contributed by atoms with E-state index in [0.29, 0.717) is 28.0 Å². The SMILES string of the molecule is COc1cc2nc(-c3[nH]c4ccc(F)cc4c3[N+](=O)[O-])c(=O)[nH]c2cc1OC. The second kappa shape index (κ2) is 6.34. The highest BCUT2D eigenvalue weighted by Gasteiger charge is 2.26. The average molecular weight is 384 g/mol. The summed E-state index contributed by atoms with van der Waals surface area (Å²) in [6.45, 7) is 0. The fourth-order valence-electron chi connectivity index (χ4n) is 3.09. The molecule has 0 saturated carbocycles. The monoisotopic (exact) mass is 384 g/mol. The van der Waals surface area contributed by atoms with Gasteiger partial charge in [-0.1, -0.05) is 0 Å². The van der Waals surface area contributed by atoms with Crippen molar-refractivity contribution in [3.8, 4) is 22.9 Å². The molecule has 2 heterocycles. The van der Waals surface area contributed by atoms with Crippen molar-refractivity contribution in [2.75, 3.05) is 14.2 Å². The number of methoxy groups -OCH3 is 2. The number of hydrogen-bond acceptors (Lipinski definition) is 6. The normalized spacial score (nSPS) is 11.1.